The third-order valence-corrected chi connectivity index (χ3v) is 4.61. The minimum Gasteiger partial charge on any atom is -0.396 e. The van der Waals surface area contributed by atoms with E-state index in [-0.39, 0.29) is 24.5 Å². The molecule has 0 aliphatic carbocycles. The van der Waals surface area contributed by atoms with Crippen LogP contribution in [0.5, 0.6) is 0 Å². The molecule has 134 valence electrons. The first-order valence-electron chi connectivity index (χ1n) is 8.65. The van der Waals surface area contributed by atoms with Gasteiger partial charge in [0.15, 0.2) is 5.60 Å². The number of carbonyl (C=O) groups is 1. The number of nitrogens with one attached hydrogen (secondary N) is 1. The molecule has 1 aliphatic rings. The van der Waals surface area contributed by atoms with Gasteiger partial charge in [0.05, 0.1) is 0 Å². The van der Waals surface area contributed by atoms with Crippen molar-refractivity contribution < 1.29 is 15.0 Å². The van der Waals surface area contributed by atoms with Crippen molar-refractivity contribution in [3.8, 4) is 0 Å². The summed E-state index contributed by atoms with van der Waals surface area (Å²) in [4.78, 5) is 14.5. The first-order valence-corrected chi connectivity index (χ1v) is 8.65. The summed E-state index contributed by atoms with van der Waals surface area (Å²) in [5.41, 5.74) is 0.630. The Balaban J connectivity index is 1.97. The third kappa shape index (κ3) is 4.79. The van der Waals surface area contributed by atoms with Gasteiger partial charge in [0.2, 0.25) is 0 Å². The molecule has 0 saturated carbocycles. The summed E-state index contributed by atoms with van der Waals surface area (Å²) < 4.78 is 0. The van der Waals surface area contributed by atoms with Gasteiger partial charge in [0.1, 0.15) is 0 Å². The van der Waals surface area contributed by atoms with Gasteiger partial charge < -0.3 is 20.4 Å². The normalized spacial score (nSPS) is 22.0. The van der Waals surface area contributed by atoms with Crippen molar-refractivity contribution in [2.45, 2.75) is 45.8 Å². The van der Waals surface area contributed by atoms with Gasteiger partial charge in [-0.05, 0) is 25.3 Å². The molecule has 1 saturated heterocycles. The van der Waals surface area contributed by atoms with Gasteiger partial charge in [0, 0.05) is 38.2 Å². The second-order valence-corrected chi connectivity index (χ2v) is 7.78. The predicted molar refractivity (Wildman–Crippen MR) is 94.5 cm³/mol. The Morgan fingerprint density at radius 2 is 2.12 bits per heavy atom. The van der Waals surface area contributed by atoms with E-state index in [9.17, 15) is 15.0 Å². The summed E-state index contributed by atoms with van der Waals surface area (Å²) >= 11 is 0. The summed E-state index contributed by atoms with van der Waals surface area (Å²) in [5, 5.41) is 23.2. The van der Waals surface area contributed by atoms with Crippen LogP contribution < -0.4 is 5.32 Å². The van der Waals surface area contributed by atoms with Crippen LogP contribution in [-0.2, 0) is 11.3 Å². The molecule has 0 unspecified atom stereocenters. The van der Waals surface area contributed by atoms with E-state index in [2.05, 4.69) is 11.4 Å². The summed E-state index contributed by atoms with van der Waals surface area (Å²) in [6.07, 6.45) is 1.27. The van der Waals surface area contributed by atoms with E-state index < -0.39 is 5.60 Å². The number of aliphatic hydroxyl groups is 2. The molecular weight excluding hydrogens is 304 g/mol. The van der Waals surface area contributed by atoms with Crippen LogP contribution in [-0.4, -0.2) is 52.9 Å². The Morgan fingerprint density at radius 3 is 2.79 bits per heavy atom. The molecule has 0 radical (unpaired) electrons. The van der Waals surface area contributed by atoms with E-state index in [1.165, 1.54) is 5.56 Å². The smallest absolute Gasteiger partial charge is 0.256 e. The average Bonchev–Trinajstić information content (AvgIpc) is 2.52. The van der Waals surface area contributed by atoms with Gasteiger partial charge in [0.25, 0.3) is 5.91 Å². The fraction of sp³-hybridized carbons (Fsp3) is 0.632. The minimum atomic E-state index is -1.35. The fourth-order valence-electron chi connectivity index (χ4n) is 3.07. The van der Waals surface area contributed by atoms with E-state index in [0.717, 1.165) is 12.0 Å². The van der Waals surface area contributed by atoms with Crippen LogP contribution >= 0.6 is 0 Å². The monoisotopic (exact) mass is 334 g/mol. The quantitative estimate of drug-likeness (QED) is 0.706. The molecule has 0 aromatic heterocycles. The summed E-state index contributed by atoms with van der Waals surface area (Å²) in [6, 6.07) is 8.10. The fourth-order valence-corrected chi connectivity index (χ4v) is 3.07. The molecule has 1 aromatic carbocycles. The Hall–Kier alpha value is -1.43. The van der Waals surface area contributed by atoms with E-state index in [1.807, 2.05) is 39.0 Å². The molecule has 3 N–H and O–H groups in total. The van der Waals surface area contributed by atoms with Crippen LogP contribution in [0.3, 0.4) is 0 Å². The van der Waals surface area contributed by atoms with Gasteiger partial charge in [-0.15, -0.1) is 0 Å². The maximum atomic E-state index is 12.7. The maximum Gasteiger partial charge on any atom is 0.256 e. The highest BCUT2D eigenvalue weighted by Gasteiger charge is 2.42. The van der Waals surface area contributed by atoms with Crippen molar-refractivity contribution in [2.24, 2.45) is 5.41 Å². The second-order valence-electron chi connectivity index (χ2n) is 7.78. The highest BCUT2D eigenvalue weighted by molar-refractivity contribution is 5.86. The first-order chi connectivity index (χ1) is 11.3. The summed E-state index contributed by atoms with van der Waals surface area (Å²) in [6.45, 7) is 7.96. The molecule has 1 atom stereocenters. The average molecular weight is 334 g/mol. The van der Waals surface area contributed by atoms with Gasteiger partial charge in [-0.2, -0.15) is 0 Å². The molecule has 5 nitrogen and oxygen atoms in total. The van der Waals surface area contributed by atoms with Gasteiger partial charge in [-0.1, -0.05) is 43.7 Å². The van der Waals surface area contributed by atoms with Crippen molar-refractivity contribution >= 4 is 5.91 Å². The van der Waals surface area contributed by atoms with E-state index in [1.54, 1.807) is 4.90 Å². The number of amides is 1. The number of carbonyl (C=O) groups excluding carboxylic acids is 1. The Kier molecular flexibility index (Phi) is 6.01. The SMILES string of the molecule is Cc1cccc(CN2CCC[C@@](O)(CNCC(C)(C)CO)C2=O)c1. The maximum absolute atomic E-state index is 12.7. The Bertz CT molecular complexity index is 573. The summed E-state index contributed by atoms with van der Waals surface area (Å²) in [5.74, 6) is -0.204. The molecule has 1 fully saturated rings. The van der Waals surface area contributed by atoms with Gasteiger partial charge in [-0.25, -0.2) is 0 Å². The zero-order chi connectivity index (χ0) is 17.8. The Labute approximate surface area is 144 Å². The minimum absolute atomic E-state index is 0.0614. The number of hydrogen-bond acceptors (Lipinski definition) is 4. The highest BCUT2D eigenvalue weighted by atomic mass is 16.3. The van der Waals surface area contributed by atoms with E-state index in [4.69, 9.17) is 0 Å². The largest absolute Gasteiger partial charge is 0.396 e. The van der Waals surface area contributed by atoms with Crippen LogP contribution in [0.4, 0.5) is 0 Å². The predicted octanol–water partition coefficient (Wildman–Crippen LogP) is 1.46. The number of aliphatic hydroxyl groups excluding tert-OH is 1. The van der Waals surface area contributed by atoms with Gasteiger partial charge >= 0.3 is 0 Å². The molecule has 1 aromatic rings. The van der Waals surface area contributed by atoms with Crippen molar-refractivity contribution in [1.29, 1.82) is 0 Å². The third-order valence-electron chi connectivity index (χ3n) is 4.61. The van der Waals surface area contributed by atoms with E-state index >= 15 is 0 Å². The lowest BCUT2D eigenvalue weighted by atomic mass is 9.90. The van der Waals surface area contributed by atoms with Crippen LogP contribution in [0, 0.1) is 12.3 Å². The van der Waals surface area contributed by atoms with Crippen molar-refractivity contribution in [2.75, 3.05) is 26.2 Å². The number of hydrogen-bond donors (Lipinski definition) is 3. The van der Waals surface area contributed by atoms with Crippen molar-refractivity contribution in [1.82, 2.24) is 10.2 Å². The van der Waals surface area contributed by atoms with Crippen molar-refractivity contribution in [3.63, 3.8) is 0 Å². The van der Waals surface area contributed by atoms with Gasteiger partial charge in [-0.3, -0.25) is 4.79 Å². The number of piperidine rings is 1. The Morgan fingerprint density at radius 1 is 1.38 bits per heavy atom. The van der Waals surface area contributed by atoms with E-state index in [0.29, 0.717) is 26.1 Å². The molecule has 1 amide bonds. The molecule has 0 spiro atoms. The number of aryl methyl sites for hydroxylation is 1. The highest BCUT2D eigenvalue weighted by Crippen LogP contribution is 2.24. The molecule has 1 aliphatic heterocycles. The summed E-state index contributed by atoms with van der Waals surface area (Å²) in [7, 11) is 0. The van der Waals surface area contributed by atoms with Crippen LogP contribution in [0.15, 0.2) is 24.3 Å². The number of rotatable bonds is 7. The van der Waals surface area contributed by atoms with Crippen LogP contribution in [0.25, 0.3) is 0 Å². The number of benzene rings is 1. The lowest BCUT2D eigenvalue weighted by Crippen LogP contribution is -2.58. The molecule has 1 heterocycles. The number of likely N-dealkylation sites (tertiary alicyclic amines) is 1. The standard InChI is InChI=1S/C19H30N2O3/c1-15-6-4-7-16(10-15)11-21-9-5-8-19(24,17(21)23)13-20-12-18(2,3)14-22/h4,6-7,10,20,22,24H,5,8-9,11-14H2,1-3H3/t19-/m1/s1. The second kappa shape index (κ2) is 7.64. The number of nitrogens with zero attached hydrogens (tertiary/aromatic N) is 1. The lowest BCUT2D eigenvalue weighted by molar-refractivity contribution is -0.157. The lowest BCUT2D eigenvalue weighted by Gasteiger charge is -2.39. The zero-order valence-corrected chi connectivity index (χ0v) is 15.0. The molecular formula is C19H30N2O3. The molecule has 24 heavy (non-hydrogen) atoms. The van der Waals surface area contributed by atoms with Crippen LogP contribution in [0.1, 0.15) is 37.8 Å². The van der Waals surface area contributed by atoms with Crippen molar-refractivity contribution in [3.05, 3.63) is 35.4 Å². The first kappa shape index (κ1) is 18.9. The molecule has 5 heteroatoms. The topological polar surface area (TPSA) is 72.8 Å². The molecule has 0 bridgehead atoms. The van der Waals surface area contributed by atoms with Crippen LogP contribution in [0.2, 0.25) is 0 Å². The molecule has 2 rings (SSSR count). The zero-order valence-electron chi connectivity index (χ0n) is 15.0.